The van der Waals surface area contributed by atoms with Crippen LogP contribution in [-0.4, -0.2) is 31.3 Å². The van der Waals surface area contributed by atoms with Crippen molar-refractivity contribution in [2.75, 3.05) is 27.1 Å². The van der Waals surface area contributed by atoms with Gasteiger partial charge in [-0.05, 0) is 12.1 Å². The Morgan fingerprint density at radius 3 is 1.89 bits per heavy atom. The Kier molecular flexibility index (Phi) is 5.08. The van der Waals surface area contributed by atoms with Gasteiger partial charge < -0.3 is 19.9 Å². The summed E-state index contributed by atoms with van der Waals surface area (Å²) in [5.41, 5.74) is 8.48. The third-order valence-electron chi connectivity index (χ3n) is 4.02. The van der Waals surface area contributed by atoms with E-state index in [2.05, 4.69) is 16.0 Å². The number of nitrogens with zero attached hydrogens (tertiary/aromatic N) is 3. The molecule has 3 aromatic rings. The van der Waals surface area contributed by atoms with Crippen LogP contribution in [0.3, 0.4) is 0 Å². The number of ether oxygens (including phenoxy) is 3. The molecule has 1 aromatic heterocycles. The fourth-order valence-corrected chi connectivity index (χ4v) is 2.82. The molecule has 2 N–H and O–H groups in total. The van der Waals surface area contributed by atoms with Crippen molar-refractivity contribution in [2.24, 2.45) is 0 Å². The molecule has 0 aliphatic rings. The van der Waals surface area contributed by atoms with E-state index in [1.54, 1.807) is 12.1 Å². The van der Waals surface area contributed by atoms with Crippen molar-refractivity contribution < 1.29 is 14.2 Å². The van der Waals surface area contributed by atoms with Crippen LogP contribution in [0.4, 0.5) is 5.95 Å². The monoisotopic (exact) mass is 362 g/mol. The fourth-order valence-electron chi connectivity index (χ4n) is 2.82. The van der Waals surface area contributed by atoms with Gasteiger partial charge in [0.1, 0.15) is 11.6 Å². The zero-order valence-electron chi connectivity index (χ0n) is 15.2. The molecule has 0 bridgehead atoms. The molecule has 0 aliphatic heterocycles. The second kappa shape index (κ2) is 7.62. The third kappa shape index (κ3) is 3.33. The van der Waals surface area contributed by atoms with Crippen LogP contribution in [-0.2, 0) is 0 Å². The first-order valence-corrected chi connectivity index (χ1v) is 8.06. The van der Waals surface area contributed by atoms with E-state index in [9.17, 15) is 5.26 Å². The predicted octanol–water partition coefficient (Wildman–Crippen LogP) is 3.29. The van der Waals surface area contributed by atoms with Gasteiger partial charge in [-0.2, -0.15) is 5.26 Å². The molecular weight excluding hydrogens is 344 g/mol. The summed E-state index contributed by atoms with van der Waals surface area (Å²) < 4.78 is 16.1. The Morgan fingerprint density at radius 1 is 0.852 bits per heavy atom. The van der Waals surface area contributed by atoms with Crippen LogP contribution in [0.15, 0.2) is 42.5 Å². The van der Waals surface area contributed by atoms with Crippen LogP contribution in [0.2, 0.25) is 0 Å². The van der Waals surface area contributed by atoms with E-state index in [4.69, 9.17) is 19.9 Å². The standard InChI is InChI=1S/C20H18N4O3/c1-25-15-9-13(10-16(26-2)19(15)27-3)18-14(11-21)17(23-20(22)24-18)12-7-5-4-6-8-12/h4-10H,1-3H3,(H2,22,23,24). The Hall–Kier alpha value is -3.79. The van der Waals surface area contributed by atoms with E-state index in [-0.39, 0.29) is 5.95 Å². The van der Waals surface area contributed by atoms with Crippen LogP contribution >= 0.6 is 0 Å². The average molecular weight is 362 g/mol. The molecule has 0 spiro atoms. The summed E-state index contributed by atoms with van der Waals surface area (Å²) in [7, 11) is 4.57. The molecule has 0 saturated carbocycles. The summed E-state index contributed by atoms with van der Waals surface area (Å²) in [6, 6.07) is 15.0. The summed E-state index contributed by atoms with van der Waals surface area (Å²) in [6.45, 7) is 0. The normalized spacial score (nSPS) is 10.1. The van der Waals surface area contributed by atoms with E-state index in [1.807, 2.05) is 30.3 Å². The predicted molar refractivity (Wildman–Crippen MR) is 102 cm³/mol. The topological polar surface area (TPSA) is 103 Å². The minimum Gasteiger partial charge on any atom is -0.493 e. The van der Waals surface area contributed by atoms with E-state index in [0.717, 1.165) is 5.56 Å². The molecule has 27 heavy (non-hydrogen) atoms. The fraction of sp³-hybridized carbons (Fsp3) is 0.150. The number of anilines is 1. The maximum atomic E-state index is 9.81. The van der Waals surface area contributed by atoms with Gasteiger partial charge in [0.05, 0.1) is 32.7 Å². The Morgan fingerprint density at radius 2 is 1.41 bits per heavy atom. The van der Waals surface area contributed by atoms with Crippen molar-refractivity contribution in [3.8, 4) is 45.8 Å². The highest BCUT2D eigenvalue weighted by Crippen LogP contribution is 2.42. The first kappa shape index (κ1) is 18.0. The summed E-state index contributed by atoms with van der Waals surface area (Å²) in [6.07, 6.45) is 0. The molecule has 136 valence electrons. The SMILES string of the molecule is COc1cc(-c2nc(N)nc(-c3ccccc3)c2C#N)cc(OC)c1OC. The van der Waals surface area contributed by atoms with Gasteiger partial charge in [-0.3, -0.25) is 0 Å². The first-order chi connectivity index (χ1) is 13.1. The van der Waals surface area contributed by atoms with Gasteiger partial charge >= 0.3 is 0 Å². The highest BCUT2D eigenvalue weighted by Gasteiger charge is 2.20. The lowest BCUT2D eigenvalue weighted by atomic mass is 10.0. The largest absolute Gasteiger partial charge is 0.493 e. The van der Waals surface area contributed by atoms with Gasteiger partial charge in [0, 0.05) is 11.1 Å². The second-order valence-electron chi connectivity index (χ2n) is 5.55. The van der Waals surface area contributed by atoms with Crippen LogP contribution in [0.5, 0.6) is 17.2 Å². The summed E-state index contributed by atoms with van der Waals surface area (Å²) in [5.74, 6) is 1.42. The summed E-state index contributed by atoms with van der Waals surface area (Å²) in [5, 5.41) is 9.81. The average Bonchev–Trinajstić information content (AvgIpc) is 2.72. The maximum absolute atomic E-state index is 9.81. The number of nitrogen functional groups attached to an aromatic ring is 1. The van der Waals surface area contributed by atoms with Crippen molar-refractivity contribution in [1.82, 2.24) is 9.97 Å². The van der Waals surface area contributed by atoms with Crippen molar-refractivity contribution in [1.29, 1.82) is 5.26 Å². The second-order valence-corrected chi connectivity index (χ2v) is 5.55. The molecule has 0 amide bonds. The number of hydrogen-bond donors (Lipinski definition) is 1. The lowest BCUT2D eigenvalue weighted by Crippen LogP contribution is -2.04. The lowest BCUT2D eigenvalue weighted by molar-refractivity contribution is 0.324. The van der Waals surface area contributed by atoms with Crippen molar-refractivity contribution in [3.05, 3.63) is 48.0 Å². The van der Waals surface area contributed by atoms with E-state index in [1.165, 1.54) is 21.3 Å². The molecule has 0 atom stereocenters. The van der Waals surface area contributed by atoms with Crippen LogP contribution in [0.1, 0.15) is 5.56 Å². The van der Waals surface area contributed by atoms with Crippen molar-refractivity contribution in [2.45, 2.75) is 0 Å². The third-order valence-corrected chi connectivity index (χ3v) is 4.02. The maximum Gasteiger partial charge on any atom is 0.221 e. The molecule has 1 heterocycles. The number of nitriles is 1. The van der Waals surface area contributed by atoms with Gasteiger partial charge in [-0.15, -0.1) is 0 Å². The quantitative estimate of drug-likeness (QED) is 0.743. The van der Waals surface area contributed by atoms with Gasteiger partial charge in [0.15, 0.2) is 11.5 Å². The molecule has 0 fully saturated rings. The van der Waals surface area contributed by atoms with Gasteiger partial charge in [0.2, 0.25) is 11.7 Å². The van der Waals surface area contributed by atoms with E-state index < -0.39 is 0 Å². The number of nitrogens with two attached hydrogens (primary N) is 1. The Labute approximate surface area is 157 Å². The smallest absolute Gasteiger partial charge is 0.221 e. The van der Waals surface area contributed by atoms with Crippen molar-refractivity contribution >= 4 is 5.95 Å². The number of aromatic nitrogens is 2. The molecule has 3 rings (SSSR count). The lowest BCUT2D eigenvalue weighted by Gasteiger charge is -2.15. The minimum absolute atomic E-state index is 0.0663. The molecule has 0 radical (unpaired) electrons. The summed E-state index contributed by atoms with van der Waals surface area (Å²) in [4.78, 5) is 8.58. The van der Waals surface area contributed by atoms with E-state index in [0.29, 0.717) is 39.8 Å². The Bertz CT molecular complexity index is 989. The zero-order valence-corrected chi connectivity index (χ0v) is 15.2. The highest BCUT2D eigenvalue weighted by atomic mass is 16.5. The van der Waals surface area contributed by atoms with Gasteiger partial charge in [-0.25, -0.2) is 9.97 Å². The molecule has 0 saturated heterocycles. The Balaban J connectivity index is 2.30. The molecule has 7 nitrogen and oxygen atoms in total. The first-order valence-electron chi connectivity index (χ1n) is 8.06. The van der Waals surface area contributed by atoms with Crippen LogP contribution < -0.4 is 19.9 Å². The van der Waals surface area contributed by atoms with Gasteiger partial charge in [0.25, 0.3) is 0 Å². The summed E-state index contributed by atoms with van der Waals surface area (Å²) >= 11 is 0. The highest BCUT2D eigenvalue weighted by molar-refractivity contribution is 5.80. The molecular formula is C20H18N4O3. The molecule has 2 aromatic carbocycles. The number of benzene rings is 2. The zero-order chi connectivity index (χ0) is 19.4. The number of methoxy groups -OCH3 is 3. The molecule has 7 heteroatoms. The molecule has 0 unspecified atom stereocenters. The van der Waals surface area contributed by atoms with Crippen LogP contribution in [0.25, 0.3) is 22.5 Å². The van der Waals surface area contributed by atoms with E-state index >= 15 is 0 Å². The van der Waals surface area contributed by atoms with Crippen molar-refractivity contribution in [3.63, 3.8) is 0 Å². The number of rotatable bonds is 5. The number of hydrogen-bond acceptors (Lipinski definition) is 7. The minimum atomic E-state index is 0.0663. The van der Waals surface area contributed by atoms with Gasteiger partial charge in [-0.1, -0.05) is 30.3 Å². The van der Waals surface area contributed by atoms with Crippen LogP contribution in [0, 0.1) is 11.3 Å². The molecule has 0 aliphatic carbocycles.